The van der Waals surface area contributed by atoms with Crippen molar-refractivity contribution >= 4 is 54.8 Å². The van der Waals surface area contributed by atoms with Crippen molar-refractivity contribution in [3.05, 3.63) is 64.6 Å². The highest BCUT2D eigenvalue weighted by atomic mass is 35.5. The lowest BCUT2D eigenvalue weighted by atomic mass is 9.97. The summed E-state index contributed by atoms with van der Waals surface area (Å²) in [6, 6.07) is 6.96. The number of anilines is 1. The Hall–Kier alpha value is -3.91. The van der Waals surface area contributed by atoms with E-state index in [4.69, 9.17) is 11.6 Å². The molecule has 2 atom stereocenters. The van der Waals surface area contributed by atoms with Crippen molar-refractivity contribution in [1.29, 1.82) is 0 Å². The fourth-order valence-corrected chi connectivity index (χ4v) is 6.36. The number of pyridine rings is 1. The third-order valence-electron chi connectivity index (χ3n) is 6.90. The average molecular weight is 591 g/mol. The van der Waals surface area contributed by atoms with Gasteiger partial charge in [0.25, 0.3) is 6.43 Å². The van der Waals surface area contributed by atoms with Crippen LogP contribution in [0.15, 0.2) is 42.7 Å². The minimum atomic E-state index is -4.55. The van der Waals surface area contributed by atoms with Crippen LogP contribution in [0.2, 0.25) is 5.02 Å². The Labute approximate surface area is 230 Å². The monoisotopic (exact) mass is 590 g/mol. The summed E-state index contributed by atoms with van der Waals surface area (Å²) in [6.07, 6.45) is -6.12. The van der Waals surface area contributed by atoms with Gasteiger partial charge in [0.2, 0.25) is 5.82 Å². The number of benzene rings is 1. The first kappa shape index (κ1) is 25.1. The number of nitrogens with one attached hydrogen (secondary N) is 1. The molecule has 15 heteroatoms. The Bertz CT molecular complexity index is 1930. The number of hydrogen-bond acceptors (Lipinski definition) is 7. The van der Waals surface area contributed by atoms with Crippen LogP contribution >= 0.6 is 22.9 Å². The van der Waals surface area contributed by atoms with Crippen LogP contribution in [0.25, 0.3) is 37.6 Å². The molecular formula is C25H16ClF5N8S. The van der Waals surface area contributed by atoms with E-state index in [2.05, 4.69) is 30.5 Å². The summed E-state index contributed by atoms with van der Waals surface area (Å²) in [7, 11) is 0. The molecule has 1 aromatic carbocycles. The molecule has 0 radical (unpaired) electrons. The van der Waals surface area contributed by atoms with E-state index in [1.165, 1.54) is 23.0 Å². The van der Waals surface area contributed by atoms with Gasteiger partial charge in [-0.1, -0.05) is 23.7 Å². The van der Waals surface area contributed by atoms with E-state index >= 15 is 0 Å². The van der Waals surface area contributed by atoms with Crippen molar-refractivity contribution in [1.82, 2.24) is 34.3 Å². The molecule has 0 spiro atoms. The molecule has 1 N–H and O–H groups in total. The molecule has 1 aliphatic heterocycles. The second kappa shape index (κ2) is 8.80. The van der Waals surface area contributed by atoms with Gasteiger partial charge in [0, 0.05) is 22.9 Å². The number of aromatic nitrogens is 7. The van der Waals surface area contributed by atoms with Crippen molar-refractivity contribution < 1.29 is 22.0 Å². The Morgan fingerprint density at radius 1 is 1.10 bits per heavy atom. The lowest BCUT2D eigenvalue weighted by molar-refractivity contribution is -0.173. The van der Waals surface area contributed by atoms with Crippen LogP contribution in [-0.2, 0) is 0 Å². The number of nitrogens with zero attached hydrogens (tertiary/aromatic N) is 7. The molecule has 1 aliphatic rings. The Kier molecular flexibility index (Phi) is 5.52. The first-order valence-corrected chi connectivity index (χ1v) is 13.2. The summed E-state index contributed by atoms with van der Waals surface area (Å²) >= 11 is 7.11. The van der Waals surface area contributed by atoms with E-state index in [-0.39, 0.29) is 29.5 Å². The smallest absolute Gasteiger partial charge is 0.363 e. The van der Waals surface area contributed by atoms with Crippen molar-refractivity contribution in [3.63, 3.8) is 0 Å². The third kappa shape index (κ3) is 3.96. The van der Waals surface area contributed by atoms with E-state index in [0.717, 1.165) is 16.0 Å². The molecule has 0 bridgehead atoms. The van der Waals surface area contributed by atoms with Gasteiger partial charge in [-0.3, -0.25) is 0 Å². The zero-order chi connectivity index (χ0) is 27.9. The predicted molar refractivity (Wildman–Crippen MR) is 140 cm³/mol. The van der Waals surface area contributed by atoms with Crippen LogP contribution in [0.4, 0.5) is 27.8 Å². The molecule has 6 aromatic rings. The predicted octanol–water partition coefficient (Wildman–Crippen LogP) is 7.31. The molecule has 0 amide bonds. The molecule has 7 rings (SSSR count). The number of thiophene rings is 1. The molecule has 5 aromatic heterocycles. The van der Waals surface area contributed by atoms with Crippen molar-refractivity contribution in [2.24, 2.45) is 0 Å². The Morgan fingerprint density at radius 3 is 2.60 bits per heavy atom. The van der Waals surface area contributed by atoms with Crippen LogP contribution in [0.5, 0.6) is 0 Å². The second-order valence-corrected chi connectivity index (χ2v) is 10.9. The quantitative estimate of drug-likeness (QED) is 0.218. The number of alkyl halides is 5. The zero-order valence-corrected chi connectivity index (χ0v) is 21.9. The maximum Gasteiger partial charge on any atom is 0.410 e. The number of aryl methyl sites for hydroxylation is 1. The van der Waals surface area contributed by atoms with Crippen molar-refractivity contribution in [3.8, 4) is 11.5 Å². The molecule has 40 heavy (non-hydrogen) atoms. The molecule has 0 saturated heterocycles. The van der Waals surface area contributed by atoms with Crippen LogP contribution < -0.4 is 5.32 Å². The molecule has 0 unspecified atom stereocenters. The van der Waals surface area contributed by atoms with E-state index in [1.807, 2.05) is 0 Å². The maximum atomic E-state index is 14.1. The molecule has 0 saturated carbocycles. The van der Waals surface area contributed by atoms with Crippen LogP contribution in [-0.4, -0.2) is 40.5 Å². The van der Waals surface area contributed by atoms with Crippen molar-refractivity contribution in [2.75, 3.05) is 5.32 Å². The largest absolute Gasteiger partial charge is 0.410 e. The summed E-state index contributed by atoms with van der Waals surface area (Å²) in [4.78, 5) is 13.5. The highest BCUT2D eigenvalue weighted by Gasteiger charge is 2.46. The number of rotatable bonds is 3. The average Bonchev–Trinajstić information content (AvgIpc) is 3.61. The fraction of sp³-hybridized carbons (Fsp3) is 0.240. The summed E-state index contributed by atoms with van der Waals surface area (Å²) in [6.45, 7) is 1.71. The Balaban J connectivity index is 1.33. The normalized spacial score (nSPS) is 17.7. The van der Waals surface area contributed by atoms with E-state index in [9.17, 15) is 22.0 Å². The van der Waals surface area contributed by atoms with Gasteiger partial charge in [0.1, 0.15) is 33.1 Å². The number of halogens is 6. The highest BCUT2D eigenvalue weighted by Crippen LogP contribution is 2.44. The van der Waals surface area contributed by atoms with Gasteiger partial charge in [-0.05, 0) is 36.2 Å². The maximum absolute atomic E-state index is 14.1. The van der Waals surface area contributed by atoms with E-state index < -0.39 is 24.7 Å². The van der Waals surface area contributed by atoms with E-state index in [1.54, 1.807) is 31.2 Å². The van der Waals surface area contributed by atoms with Gasteiger partial charge in [0.05, 0.1) is 11.6 Å². The molecule has 6 heterocycles. The number of hydrogen-bond donors (Lipinski definition) is 1. The van der Waals surface area contributed by atoms with Gasteiger partial charge in [-0.25, -0.2) is 32.9 Å². The summed E-state index contributed by atoms with van der Waals surface area (Å²) in [5, 5.41) is 12.9. The standard InChI is InChI=1S/C25H16ClF5N8S/c1-10-6-14(21(27)28)34-24-18(10)19-20(40-24)23-35-22(37-38(23)9-32-19)15-8-17-33-13(11-2-4-12(26)5-3-11)7-16(25(29,30)31)39(17)36-15/h2-6,8-9,13,16,21,33H,7H2,1H3/t13-,16-/m1/s1. The van der Waals surface area contributed by atoms with Gasteiger partial charge >= 0.3 is 6.18 Å². The summed E-state index contributed by atoms with van der Waals surface area (Å²) in [5.41, 5.74) is 1.97. The molecule has 0 fully saturated rings. The van der Waals surface area contributed by atoms with E-state index in [0.29, 0.717) is 42.2 Å². The van der Waals surface area contributed by atoms with Crippen molar-refractivity contribution in [2.45, 2.75) is 38.0 Å². The molecule has 204 valence electrons. The van der Waals surface area contributed by atoms with Gasteiger partial charge in [-0.2, -0.15) is 18.3 Å². The highest BCUT2D eigenvalue weighted by molar-refractivity contribution is 7.26. The lowest BCUT2D eigenvalue weighted by Crippen LogP contribution is -2.35. The SMILES string of the molecule is Cc1cc(C(F)F)nc2sc3c(ncn4nc(-c5cc6n(n5)[C@@H](C(F)(F)F)C[C@H](c5ccc(Cl)cc5)N6)nc34)c12. The van der Waals surface area contributed by atoms with Crippen LogP contribution in [0, 0.1) is 6.92 Å². The van der Waals surface area contributed by atoms with Gasteiger partial charge < -0.3 is 5.32 Å². The second-order valence-electron chi connectivity index (χ2n) is 9.47. The first-order chi connectivity index (χ1) is 19.1. The fourth-order valence-electron chi connectivity index (χ4n) is 5.05. The lowest BCUT2D eigenvalue weighted by Gasteiger charge is -2.33. The minimum Gasteiger partial charge on any atom is -0.363 e. The topological polar surface area (TPSA) is 85.8 Å². The van der Waals surface area contributed by atoms with Crippen LogP contribution in [0.1, 0.15) is 41.8 Å². The molecular weight excluding hydrogens is 575 g/mol. The Morgan fingerprint density at radius 2 is 1.88 bits per heavy atom. The van der Waals surface area contributed by atoms with Gasteiger partial charge in [-0.15, -0.1) is 16.4 Å². The molecule has 0 aliphatic carbocycles. The zero-order valence-electron chi connectivity index (χ0n) is 20.3. The first-order valence-electron chi connectivity index (χ1n) is 12.0. The number of fused-ring (bicyclic) bond motifs is 6. The molecule has 8 nitrogen and oxygen atoms in total. The third-order valence-corrected chi connectivity index (χ3v) is 8.22. The van der Waals surface area contributed by atoms with Gasteiger partial charge in [0.15, 0.2) is 11.7 Å². The van der Waals surface area contributed by atoms with Crippen LogP contribution in [0.3, 0.4) is 0 Å². The summed E-state index contributed by atoms with van der Waals surface area (Å²) in [5.74, 6) is 0.268. The summed E-state index contributed by atoms with van der Waals surface area (Å²) < 4.78 is 71.9. The minimum absolute atomic E-state index is 0.0948.